The minimum Gasteiger partial charge on any atom is -0.465 e. The molecule has 20 heavy (non-hydrogen) atoms. The van der Waals surface area contributed by atoms with Crippen molar-refractivity contribution in [3.8, 4) is 6.07 Å². The highest BCUT2D eigenvalue weighted by Crippen LogP contribution is 2.33. The molecule has 1 rings (SSSR count). The van der Waals surface area contributed by atoms with Gasteiger partial charge in [-0.2, -0.15) is 5.26 Å². The summed E-state index contributed by atoms with van der Waals surface area (Å²) in [6.45, 7) is 4.02. The fraction of sp³-hybridized carbons (Fsp3) is 0.818. The third-order valence-electron chi connectivity index (χ3n) is 2.87. The second-order valence-electron chi connectivity index (χ2n) is 5.64. The Balaban J connectivity index is 2.92. The number of hydrogen-bond donors (Lipinski definition) is 2. The summed E-state index contributed by atoms with van der Waals surface area (Å²) >= 11 is 0. The fourth-order valence-corrected chi connectivity index (χ4v) is 2.63. The Morgan fingerprint density at radius 1 is 1.60 bits per heavy atom. The molecule has 0 aromatic rings. The Morgan fingerprint density at radius 2 is 2.15 bits per heavy atom. The quantitative estimate of drug-likeness (QED) is 0.822. The molecule has 6 nitrogen and oxygen atoms in total. The predicted octanol–water partition coefficient (Wildman–Crippen LogP) is 1.32. The molecular weight excluding hydrogens is 292 g/mol. The first kappa shape index (κ1) is 16.8. The summed E-state index contributed by atoms with van der Waals surface area (Å²) in [5.41, 5.74) is 0. The number of rotatable bonds is 3. The summed E-state index contributed by atoms with van der Waals surface area (Å²) in [5, 5.41) is 18.0. The van der Waals surface area contributed by atoms with Gasteiger partial charge in [0.25, 0.3) is 5.92 Å². The maximum atomic E-state index is 13.4. The first-order valence-corrected chi connectivity index (χ1v) is 7.08. The van der Waals surface area contributed by atoms with Gasteiger partial charge in [-0.05, 0) is 20.8 Å². The molecule has 114 valence electrons. The fourth-order valence-electron chi connectivity index (χ4n) is 1.84. The molecule has 2 N–H and O–H groups in total. The van der Waals surface area contributed by atoms with E-state index in [1.807, 2.05) is 0 Å². The summed E-state index contributed by atoms with van der Waals surface area (Å²) < 4.78 is 40.4. The largest absolute Gasteiger partial charge is 0.465 e. The Hall–Kier alpha value is -1.27. The highest BCUT2D eigenvalue weighted by molar-refractivity contribution is 7.84. The van der Waals surface area contributed by atoms with E-state index in [0.29, 0.717) is 4.90 Å². The van der Waals surface area contributed by atoms with E-state index in [-0.39, 0.29) is 0 Å². The standard InChI is InChI=1S/C11H17F2N3O3S/c1-10(2,3)20(19)15-7(5-14)8-4-11(12,13)6-16(8)9(17)18/h7-8,15H,4,6H2,1-3H3,(H,17,18)/t7?,8-,20?/m0/s1. The number of nitriles is 1. The topological polar surface area (TPSA) is 93.4 Å². The van der Waals surface area contributed by atoms with Crippen LogP contribution in [-0.4, -0.2) is 49.6 Å². The summed E-state index contributed by atoms with van der Waals surface area (Å²) in [4.78, 5) is 11.5. The van der Waals surface area contributed by atoms with Gasteiger partial charge in [0, 0.05) is 6.42 Å². The summed E-state index contributed by atoms with van der Waals surface area (Å²) in [7, 11) is -1.65. The van der Waals surface area contributed by atoms with Crippen molar-refractivity contribution in [1.29, 1.82) is 5.26 Å². The zero-order valence-electron chi connectivity index (χ0n) is 11.4. The first-order chi connectivity index (χ1) is 8.98. The second kappa shape index (κ2) is 5.61. The summed E-state index contributed by atoms with van der Waals surface area (Å²) in [6, 6.07) is -0.747. The number of carbonyl (C=O) groups is 1. The molecule has 0 spiro atoms. The normalized spacial score (nSPS) is 25.0. The lowest BCUT2D eigenvalue weighted by molar-refractivity contribution is 0.0126. The van der Waals surface area contributed by atoms with E-state index in [1.54, 1.807) is 26.8 Å². The van der Waals surface area contributed by atoms with E-state index in [0.717, 1.165) is 0 Å². The number of nitrogens with one attached hydrogen (secondary N) is 1. The molecule has 1 aliphatic heterocycles. The van der Waals surface area contributed by atoms with Gasteiger partial charge in [0.15, 0.2) is 0 Å². The number of alkyl halides is 2. The van der Waals surface area contributed by atoms with Gasteiger partial charge in [-0.15, -0.1) is 0 Å². The number of likely N-dealkylation sites (tertiary alicyclic amines) is 1. The lowest BCUT2D eigenvalue weighted by Crippen LogP contribution is -2.50. The summed E-state index contributed by atoms with van der Waals surface area (Å²) in [6.07, 6.45) is -2.28. The van der Waals surface area contributed by atoms with Crippen molar-refractivity contribution >= 4 is 17.1 Å². The van der Waals surface area contributed by atoms with Crippen LogP contribution in [0.2, 0.25) is 0 Å². The van der Waals surface area contributed by atoms with E-state index in [4.69, 9.17) is 10.4 Å². The molecule has 0 radical (unpaired) electrons. The lowest BCUT2D eigenvalue weighted by Gasteiger charge is -2.27. The van der Waals surface area contributed by atoms with Crippen molar-refractivity contribution in [3.05, 3.63) is 0 Å². The van der Waals surface area contributed by atoms with Crippen LogP contribution in [0.5, 0.6) is 0 Å². The van der Waals surface area contributed by atoms with Crippen molar-refractivity contribution in [2.75, 3.05) is 6.54 Å². The van der Waals surface area contributed by atoms with Crippen LogP contribution >= 0.6 is 0 Å². The smallest absolute Gasteiger partial charge is 0.407 e. The number of halogens is 2. The van der Waals surface area contributed by atoms with E-state index < -0.39 is 52.8 Å². The van der Waals surface area contributed by atoms with Gasteiger partial charge in [-0.25, -0.2) is 22.5 Å². The van der Waals surface area contributed by atoms with Crippen LogP contribution in [0.15, 0.2) is 0 Å². The molecule has 0 aromatic heterocycles. The molecule has 1 amide bonds. The van der Waals surface area contributed by atoms with Crippen LogP contribution in [0.25, 0.3) is 0 Å². The molecule has 1 heterocycles. The van der Waals surface area contributed by atoms with Gasteiger partial charge in [0.2, 0.25) is 0 Å². The molecule has 0 aromatic carbocycles. The first-order valence-electron chi connectivity index (χ1n) is 5.93. The minimum absolute atomic E-state index is 0.529. The second-order valence-corrected chi connectivity index (χ2v) is 7.64. The summed E-state index contributed by atoms with van der Waals surface area (Å²) in [5.74, 6) is -3.18. The molecule has 0 aliphatic carbocycles. The molecule has 3 atom stereocenters. The number of carboxylic acid groups (broad SMARTS) is 1. The highest BCUT2D eigenvalue weighted by Gasteiger charge is 2.50. The van der Waals surface area contributed by atoms with Crippen LogP contribution in [0.4, 0.5) is 13.6 Å². The van der Waals surface area contributed by atoms with Gasteiger partial charge >= 0.3 is 6.09 Å². The average molecular weight is 309 g/mol. The van der Waals surface area contributed by atoms with Crippen LogP contribution in [0, 0.1) is 11.3 Å². The molecule has 2 unspecified atom stereocenters. The third kappa shape index (κ3) is 3.86. The zero-order chi connectivity index (χ0) is 15.7. The van der Waals surface area contributed by atoms with Crippen molar-refractivity contribution in [1.82, 2.24) is 9.62 Å². The Kier molecular flexibility index (Phi) is 4.71. The Labute approximate surface area is 118 Å². The van der Waals surface area contributed by atoms with Crippen LogP contribution in [0.3, 0.4) is 0 Å². The number of nitrogens with zero attached hydrogens (tertiary/aromatic N) is 2. The molecule has 0 bridgehead atoms. The predicted molar refractivity (Wildman–Crippen MR) is 68.5 cm³/mol. The van der Waals surface area contributed by atoms with Crippen molar-refractivity contribution in [2.24, 2.45) is 0 Å². The molecule has 0 saturated carbocycles. The van der Waals surface area contributed by atoms with Gasteiger partial charge in [-0.3, -0.25) is 4.90 Å². The number of amides is 1. The van der Waals surface area contributed by atoms with Crippen molar-refractivity contribution < 1.29 is 22.9 Å². The maximum Gasteiger partial charge on any atom is 0.407 e. The van der Waals surface area contributed by atoms with E-state index in [1.165, 1.54) is 0 Å². The van der Waals surface area contributed by atoms with E-state index in [9.17, 15) is 17.8 Å². The van der Waals surface area contributed by atoms with Crippen LogP contribution in [0.1, 0.15) is 27.2 Å². The maximum absolute atomic E-state index is 13.4. The van der Waals surface area contributed by atoms with Crippen molar-refractivity contribution in [3.63, 3.8) is 0 Å². The van der Waals surface area contributed by atoms with E-state index >= 15 is 0 Å². The minimum atomic E-state index is -3.18. The van der Waals surface area contributed by atoms with Crippen LogP contribution < -0.4 is 4.72 Å². The number of hydrogen-bond acceptors (Lipinski definition) is 3. The Bertz CT molecular complexity index is 459. The van der Waals surface area contributed by atoms with Gasteiger partial charge in [0.05, 0.1) is 34.4 Å². The Morgan fingerprint density at radius 3 is 2.55 bits per heavy atom. The third-order valence-corrected chi connectivity index (χ3v) is 4.45. The zero-order valence-corrected chi connectivity index (χ0v) is 12.2. The molecule has 9 heteroatoms. The molecule has 1 saturated heterocycles. The highest BCUT2D eigenvalue weighted by atomic mass is 32.2. The monoisotopic (exact) mass is 309 g/mol. The van der Waals surface area contributed by atoms with Gasteiger partial charge in [0.1, 0.15) is 6.04 Å². The molecule has 1 aliphatic rings. The van der Waals surface area contributed by atoms with E-state index in [2.05, 4.69) is 4.72 Å². The van der Waals surface area contributed by atoms with Gasteiger partial charge < -0.3 is 5.11 Å². The molecule has 1 fully saturated rings. The van der Waals surface area contributed by atoms with Gasteiger partial charge in [-0.1, -0.05) is 0 Å². The average Bonchev–Trinajstić information content (AvgIpc) is 2.60. The van der Waals surface area contributed by atoms with Crippen LogP contribution in [-0.2, 0) is 11.0 Å². The SMILES string of the molecule is CC(C)(C)S(=O)NC(C#N)[C@@H]1CC(F)(F)CN1C(=O)O. The molecular formula is C11H17F2N3O3S. The van der Waals surface area contributed by atoms with Crippen molar-refractivity contribution in [2.45, 2.75) is 49.9 Å². The lowest BCUT2D eigenvalue weighted by atomic mass is 10.1.